The summed E-state index contributed by atoms with van der Waals surface area (Å²) in [5.74, 6) is 0.359. The molecule has 0 aliphatic heterocycles. The molecule has 3 N–H and O–H groups in total. The number of nitrogens with one attached hydrogen (secondary N) is 3. The number of urea groups is 1. The van der Waals surface area contributed by atoms with Gasteiger partial charge in [0.25, 0.3) is 0 Å². The molecule has 0 bridgehead atoms. The fourth-order valence-corrected chi connectivity index (χ4v) is 3.73. The highest BCUT2D eigenvalue weighted by molar-refractivity contribution is 7.18. The third-order valence-electron chi connectivity index (χ3n) is 5.07. The minimum Gasteiger partial charge on any atom is -0.497 e. The maximum Gasteiger partial charge on any atom is 0.315 e. The maximum absolute atomic E-state index is 12.9. The molecule has 0 radical (unpaired) electrons. The molecule has 0 spiro atoms. The quantitative estimate of drug-likeness (QED) is 0.453. The van der Waals surface area contributed by atoms with Gasteiger partial charge in [-0.3, -0.25) is 10.1 Å². The maximum atomic E-state index is 12.9. The first-order valence-electron chi connectivity index (χ1n) is 10.4. The van der Waals surface area contributed by atoms with Crippen molar-refractivity contribution in [1.82, 2.24) is 20.8 Å². The van der Waals surface area contributed by atoms with E-state index in [-0.39, 0.29) is 11.8 Å². The number of amides is 3. The van der Waals surface area contributed by atoms with Crippen LogP contribution in [-0.2, 0) is 11.3 Å². The van der Waals surface area contributed by atoms with E-state index in [1.165, 1.54) is 11.3 Å². The van der Waals surface area contributed by atoms with Gasteiger partial charge in [0.05, 0.1) is 7.11 Å². The van der Waals surface area contributed by atoms with Crippen LogP contribution in [0.3, 0.4) is 0 Å². The van der Waals surface area contributed by atoms with Gasteiger partial charge in [-0.2, -0.15) is 0 Å². The van der Waals surface area contributed by atoms with Crippen LogP contribution in [0, 0.1) is 5.92 Å². The fourth-order valence-electron chi connectivity index (χ4n) is 2.98. The van der Waals surface area contributed by atoms with Crippen molar-refractivity contribution in [2.75, 3.05) is 12.4 Å². The van der Waals surface area contributed by atoms with E-state index in [1.54, 1.807) is 7.11 Å². The fraction of sp³-hybridized carbons (Fsp3) is 0.304. The van der Waals surface area contributed by atoms with E-state index < -0.39 is 12.1 Å². The van der Waals surface area contributed by atoms with Gasteiger partial charge < -0.3 is 15.4 Å². The van der Waals surface area contributed by atoms with Crippen LogP contribution in [0.4, 0.5) is 9.93 Å². The average molecular weight is 454 g/mol. The molecule has 0 fully saturated rings. The number of anilines is 1. The minimum atomic E-state index is -0.705. The van der Waals surface area contributed by atoms with Gasteiger partial charge in [0.2, 0.25) is 11.0 Å². The van der Waals surface area contributed by atoms with E-state index in [0.717, 1.165) is 23.3 Å². The second-order valence-electron chi connectivity index (χ2n) is 7.31. The summed E-state index contributed by atoms with van der Waals surface area (Å²) in [7, 11) is 1.61. The summed E-state index contributed by atoms with van der Waals surface area (Å²) in [5, 5.41) is 17.7. The zero-order valence-corrected chi connectivity index (χ0v) is 19.1. The largest absolute Gasteiger partial charge is 0.497 e. The molecule has 3 rings (SSSR count). The Morgan fingerprint density at radius 3 is 2.44 bits per heavy atom. The van der Waals surface area contributed by atoms with Crippen molar-refractivity contribution < 1.29 is 14.3 Å². The Kier molecular flexibility index (Phi) is 8.15. The van der Waals surface area contributed by atoms with E-state index in [4.69, 9.17) is 4.74 Å². The standard InChI is InChI=1S/C23H27N5O3S/c1-4-15(2)19(25-22(30)24-14-16-8-6-5-7-9-16)20(29)26-23-28-27-21(32-23)17-10-12-18(31-3)13-11-17/h5-13,15,19H,4,14H2,1-3H3,(H2,24,25,30)(H,26,28,29)/t15-,19-/m1/s1. The van der Waals surface area contributed by atoms with Crippen molar-refractivity contribution in [3.05, 3.63) is 60.2 Å². The van der Waals surface area contributed by atoms with Gasteiger partial charge in [-0.25, -0.2) is 4.79 Å². The molecule has 0 saturated carbocycles. The monoisotopic (exact) mass is 453 g/mol. The van der Waals surface area contributed by atoms with E-state index in [0.29, 0.717) is 16.7 Å². The van der Waals surface area contributed by atoms with E-state index in [2.05, 4.69) is 26.1 Å². The Morgan fingerprint density at radius 1 is 1.06 bits per heavy atom. The Morgan fingerprint density at radius 2 is 1.78 bits per heavy atom. The van der Waals surface area contributed by atoms with Crippen LogP contribution in [-0.4, -0.2) is 35.3 Å². The molecule has 1 heterocycles. The lowest BCUT2D eigenvalue weighted by Gasteiger charge is -2.23. The first kappa shape index (κ1) is 23.2. The summed E-state index contributed by atoms with van der Waals surface area (Å²) >= 11 is 1.27. The van der Waals surface area contributed by atoms with Crippen molar-refractivity contribution >= 4 is 28.4 Å². The van der Waals surface area contributed by atoms with Gasteiger partial charge in [0.15, 0.2) is 0 Å². The molecule has 8 nitrogen and oxygen atoms in total. The van der Waals surface area contributed by atoms with Crippen LogP contribution in [0.25, 0.3) is 10.6 Å². The molecule has 1 aromatic heterocycles. The molecule has 0 aliphatic rings. The van der Waals surface area contributed by atoms with Gasteiger partial charge in [-0.05, 0) is 35.7 Å². The van der Waals surface area contributed by atoms with Crippen molar-refractivity contribution in [3.8, 4) is 16.3 Å². The van der Waals surface area contributed by atoms with Crippen LogP contribution in [0.5, 0.6) is 5.75 Å². The van der Waals surface area contributed by atoms with Crippen molar-refractivity contribution in [3.63, 3.8) is 0 Å². The van der Waals surface area contributed by atoms with E-state index >= 15 is 0 Å². The van der Waals surface area contributed by atoms with E-state index in [1.807, 2.05) is 68.4 Å². The summed E-state index contributed by atoms with van der Waals surface area (Å²) in [6.07, 6.45) is 0.726. The summed E-state index contributed by atoms with van der Waals surface area (Å²) in [6, 6.07) is 15.9. The molecular weight excluding hydrogens is 426 g/mol. The molecule has 2 atom stereocenters. The highest BCUT2D eigenvalue weighted by Crippen LogP contribution is 2.28. The second kappa shape index (κ2) is 11.2. The van der Waals surface area contributed by atoms with Gasteiger partial charge >= 0.3 is 6.03 Å². The van der Waals surface area contributed by atoms with Crippen molar-refractivity contribution in [2.45, 2.75) is 32.9 Å². The summed E-state index contributed by atoms with van der Waals surface area (Å²) < 4.78 is 5.17. The van der Waals surface area contributed by atoms with Crippen LogP contribution in [0.1, 0.15) is 25.8 Å². The number of hydrogen-bond donors (Lipinski definition) is 3. The number of ether oxygens (including phenoxy) is 1. The average Bonchev–Trinajstić information content (AvgIpc) is 3.29. The minimum absolute atomic E-state index is 0.0635. The topological polar surface area (TPSA) is 105 Å². The van der Waals surface area contributed by atoms with Gasteiger partial charge in [0.1, 0.15) is 16.8 Å². The van der Waals surface area contributed by atoms with Crippen molar-refractivity contribution in [2.24, 2.45) is 5.92 Å². The zero-order valence-electron chi connectivity index (χ0n) is 18.3. The number of rotatable bonds is 9. The number of hydrogen-bond acceptors (Lipinski definition) is 6. The molecule has 9 heteroatoms. The number of carbonyl (C=O) groups excluding carboxylic acids is 2. The molecule has 3 aromatic rings. The third kappa shape index (κ3) is 6.27. The third-order valence-corrected chi connectivity index (χ3v) is 5.96. The van der Waals surface area contributed by atoms with Crippen LogP contribution in [0.15, 0.2) is 54.6 Å². The Labute approximate surface area is 191 Å². The Hall–Kier alpha value is -3.46. The highest BCUT2D eigenvalue weighted by Gasteiger charge is 2.27. The molecule has 0 unspecified atom stereocenters. The summed E-state index contributed by atoms with van der Waals surface area (Å²) in [4.78, 5) is 25.3. The lowest BCUT2D eigenvalue weighted by atomic mass is 9.98. The van der Waals surface area contributed by atoms with Gasteiger partial charge in [-0.1, -0.05) is 61.9 Å². The first-order chi connectivity index (χ1) is 15.5. The molecule has 0 saturated heterocycles. The van der Waals surface area contributed by atoms with Crippen molar-refractivity contribution in [1.29, 1.82) is 0 Å². The van der Waals surface area contributed by atoms with Crippen LogP contribution >= 0.6 is 11.3 Å². The number of benzene rings is 2. The predicted octanol–water partition coefficient (Wildman–Crippen LogP) is 4.07. The SMILES string of the molecule is CC[C@@H](C)[C@@H](NC(=O)NCc1ccccc1)C(=O)Nc1nnc(-c2ccc(OC)cc2)s1. The summed E-state index contributed by atoms with van der Waals surface area (Å²) in [6.45, 7) is 4.27. The molecule has 3 amide bonds. The first-order valence-corrected chi connectivity index (χ1v) is 11.2. The highest BCUT2D eigenvalue weighted by atomic mass is 32.1. The predicted molar refractivity (Wildman–Crippen MR) is 126 cm³/mol. The smallest absolute Gasteiger partial charge is 0.315 e. The molecule has 168 valence electrons. The second-order valence-corrected chi connectivity index (χ2v) is 8.28. The number of nitrogens with zero attached hydrogens (tertiary/aromatic N) is 2. The van der Waals surface area contributed by atoms with Crippen LogP contribution in [0.2, 0.25) is 0 Å². The molecule has 32 heavy (non-hydrogen) atoms. The lowest BCUT2D eigenvalue weighted by molar-refractivity contribution is -0.119. The number of aromatic nitrogens is 2. The Balaban J connectivity index is 1.61. The normalized spacial score (nSPS) is 12.5. The Bertz CT molecular complexity index is 1020. The number of methoxy groups -OCH3 is 1. The summed E-state index contributed by atoms with van der Waals surface area (Å²) in [5.41, 5.74) is 1.85. The molecular formula is C23H27N5O3S. The number of carbonyl (C=O) groups is 2. The lowest BCUT2D eigenvalue weighted by Crippen LogP contribution is -2.50. The van der Waals surface area contributed by atoms with Crippen LogP contribution < -0.4 is 20.7 Å². The molecule has 0 aliphatic carbocycles. The van der Waals surface area contributed by atoms with Gasteiger partial charge in [-0.15, -0.1) is 10.2 Å². The van der Waals surface area contributed by atoms with Gasteiger partial charge in [0, 0.05) is 12.1 Å². The van der Waals surface area contributed by atoms with E-state index in [9.17, 15) is 9.59 Å². The molecule has 2 aromatic carbocycles. The zero-order chi connectivity index (χ0) is 22.9.